The lowest BCUT2D eigenvalue weighted by atomic mass is 10.1. The summed E-state index contributed by atoms with van der Waals surface area (Å²) in [5, 5.41) is 22.6. The summed E-state index contributed by atoms with van der Waals surface area (Å²) in [5.74, 6) is 0.677. The highest BCUT2D eigenvalue weighted by Crippen LogP contribution is 2.34. The molecule has 1 aromatic heterocycles. The second-order valence-corrected chi connectivity index (χ2v) is 4.86. The van der Waals surface area contributed by atoms with Gasteiger partial charge in [0.05, 0.1) is 5.92 Å². The fourth-order valence-corrected chi connectivity index (χ4v) is 2.46. The monoisotopic (exact) mass is 261 g/mol. The van der Waals surface area contributed by atoms with E-state index in [1.165, 1.54) is 12.1 Å². The molecule has 0 spiro atoms. The van der Waals surface area contributed by atoms with Crippen molar-refractivity contribution in [3.8, 4) is 22.9 Å². The average Bonchev–Trinajstić information content (AvgIpc) is 3.01. The van der Waals surface area contributed by atoms with E-state index in [0.717, 1.165) is 19.3 Å². The fraction of sp³-hybridized carbons (Fsp3) is 0.385. The van der Waals surface area contributed by atoms with Crippen molar-refractivity contribution in [2.75, 3.05) is 0 Å². The molecule has 100 valence electrons. The van der Waals surface area contributed by atoms with Crippen molar-refractivity contribution >= 4 is 0 Å². The summed E-state index contributed by atoms with van der Waals surface area (Å²) in [7, 11) is 0. The minimum atomic E-state index is -0.207. The molecule has 1 aliphatic rings. The molecule has 0 saturated heterocycles. The van der Waals surface area contributed by atoms with Crippen LogP contribution in [0.3, 0.4) is 0 Å². The zero-order valence-electron chi connectivity index (χ0n) is 10.3. The van der Waals surface area contributed by atoms with Crippen LogP contribution in [0.4, 0.5) is 0 Å². The van der Waals surface area contributed by atoms with Crippen LogP contribution < -0.4 is 5.73 Å². The van der Waals surface area contributed by atoms with Crippen LogP contribution in [0.15, 0.2) is 22.7 Å². The van der Waals surface area contributed by atoms with E-state index in [2.05, 4.69) is 10.1 Å². The number of rotatable bonds is 2. The van der Waals surface area contributed by atoms with E-state index in [0.29, 0.717) is 17.3 Å². The lowest BCUT2D eigenvalue weighted by molar-refractivity contribution is 0.345. The molecule has 6 heteroatoms. The molecule has 1 heterocycles. The SMILES string of the molecule is NC1CCCC1c1nc(-c2ccc(O)c(O)c2)no1. The molecule has 0 aliphatic heterocycles. The van der Waals surface area contributed by atoms with E-state index in [1.54, 1.807) is 6.07 Å². The van der Waals surface area contributed by atoms with Crippen LogP contribution in [0.25, 0.3) is 11.4 Å². The first-order chi connectivity index (χ1) is 9.15. The van der Waals surface area contributed by atoms with Crippen molar-refractivity contribution in [3.63, 3.8) is 0 Å². The molecular formula is C13H15N3O3. The minimum absolute atomic E-state index is 0.0709. The smallest absolute Gasteiger partial charge is 0.231 e. The summed E-state index contributed by atoms with van der Waals surface area (Å²) in [6, 6.07) is 4.49. The fourth-order valence-electron chi connectivity index (χ4n) is 2.46. The van der Waals surface area contributed by atoms with Crippen molar-refractivity contribution in [2.45, 2.75) is 31.2 Å². The molecule has 1 aromatic carbocycles. The zero-order valence-corrected chi connectivity index (χ0v) is 10.3. The van der Waals surface area contributed by atoms with E-state index in [9.17, 15) is 10.2 Å². The maximum absolute atomic E-state index is 9.47. The molecule has 4 N–H and O–H groups in total. The summed E-state index contributed by atoms with van der Waals surface area (Å²) >= 11 is 0. The minimum Gasteiger partial charge on any atom is -0.504 e. The third-order valence-corrected chi connectivity index (χ3v) is 3.56. The van der Waals surface area contributed by atoms with Crippen LogP contribution >= 0.6 is 0 Å². The molecule has 0 bridgehead atoms. The Morgan fingerprint density at radius 1 is 1.21 bits per heavy atom. The molecule has 0 amide bonds. The molecule has 6 nitrogen and oxygen atoms in total. The highest BCUT2D eigenvalue weighted by Gasteiger charge is 2.30. The van der Waals surface area contributed by atoms with Gasteiger partial charge < -0.3 is 20.5 Å². The molecule has 1 saturated carbocycles. The van der Waals surface area contributed by atoms with E-state index >= 15 is 0 Å². The van der Waals surface area contributed by atoms with Crippen molar-refractivity contribution in [2.24, 2.45) is 5.73 Å². The van der Waals surface area contributed by atoms with Gasteiger partial charge in [0.2, 0.25) is 11.7 Å². The standard InChI is InChI=1S/C13H15N3O3/c14-9-3-1-2-8(9)13-15-12(16-19-13)7-4-5-10(17)11(18)6-7/h4-6,8-9,17-18H,1-3,14H2. The molecule has 1 aliphatic carbocycles. The summed E-state index contributed by atoms with van der Waals surface area (Å²) in [6.07, 6.45) is 3.01. The van der Waals surface area contributed by atoms with E-state index < -0.39 is 0 Å². The summed E-state index contributed by atoms with van der Waals surface area (Å²) in [6.45, 7) is 0. The number of phenols is 2. The van der Waals surface area contributed by atoms with Gasteiger partial charge in [0.15, 0.2) is 11.5 Å². The second-order valence-electron chi connectivity index (χ2n) is 4.86. The summed E-state index contributed by atoms with van der Waals surface area (Å²) in [4.78, 5) is 4.33. The van der Waals surface area contributed by atoms with Gasteiger partial charge in [-0.05, 0) is 31.0 Å². The van der Waals surface area contributed by atoms with Crippen LogP contribution in [0.5, 0.6) is 11.5 Å². The van der Waals surface area contributed by atoms with Gasteiger partial charge in [0.1, 0.15) is 0 Å². The van der Waals surface area contributed by atoms with Gasteiger partial charge in [-0.1, -0.05) is 11.6 Å². The van der Waals surface area contributed by atoms with Crippen LogP contribution in [-0.4, -0.2) is 26.4 Å². The largest absolute Gasteiger partial charge is 0.504 e. The second kappa shape index (κ2) is 4.55. The molecular weight excluding hydrogens is 246 g/mol. The van der Waals surface area contributed by atoms with Crippen molar-refractivity contribution in [1.82, 2.24) is 10.1 Å². The van der Waals surface area contributed by atoms with Gasteiger partial charge >= 0.3 is 0 Å². The van der Waals surface area contributed by atoms with Crippen molar-refractivity contribution < 1.29 is 14.7 Å². The first kappa shape index (κ1) is 12.0. The van der Waals surface area contributed by atoms with Crippen LogP contribution in [-0.2, 0) is 0 Å². The predicted molar refractivity (Wildman–Crippen MR) is 67.6 cm³/mol. The van der Waals surface area contributed by atoms with Gasteiger partial charge in [-0.15, -0.1) is 0 Å². The topological polar surface area (TPSA) is 105 Å². The number of phenolic OH excluding ortho intramolecular Hbond substituents is 2. The Balaban J connectivity index is 1.90. The van der Waals surface area contributed by atoms with E-state index in [1.807, 2.05) is 0 Å². The maximum atomic E-state index is 9.47. The highest BCUT2D eigenvalue weighted by molar-refractivity contribution is 5.59. The average molecular weight is 261 g/mol. The first-order valence-corrected chi connectivity index (χ1v) is 6.26. The molecule has 19 heavy (non-hydrogen) atoms. The van der Waals surface area contributed by atoms with Gasteiger partial charge in [-0.25, -0.2) is 0 Å². The quantitative estimate of drug-likeness (QED) is 0.711. The molecule has 3 rings (SSSR count). The lowest BCUT2D eigenvalue weighted by Crippen LogP contribution is -2.22. The van der Waals surface area contributed by atoms with E-state index in [-0.39, 0.29) is 23.5 Å². The summed E-state index contributed by atoms with van der Waals surface area (Å²) in [5.41, 5.74) is 6.60. The Morgan fingerprint density at radius 3 is 2.74 bits per heavy atom. The molecule has 2 aromatic rings. The Kier molecular flexibility index (Phi) is 2.87. The molecule has 2 unspecified atom stereocenters. The van der Waals surface area contributed by atoms with Crippen molar-refractivity contribution in [3.05, 3.63) is 24.1 Å². The lowest BCUT2D eigenvalue weighted by Gasteiger charge is -2.08. The molecule has 0 radical (unpaired) electrons. The maximum Gasteiger partial charge on any atom is 0.231 e. The van der Waals surface area contributed by atoms with Gasteiger partial charge in [-0.3, -0.25) is 0 Å². The van der Waals surface area contributed by atoms with Crippen molar-refractivity contribution in [1.29, 1.82) is 0 Å². The van der Waals surface area contributed by atoms with Gasteiger partial charge in [0, 0.05) is 11.6 Å². The number of nitrogens with zero attached hydrogens (tertiary/aromatic N) is 2. The Labute approximate surface area is 109 Å². The number of hydrogen-bond acceptors (Lipinski definition) is 6. The highest BCUT2D eigenvalue weighted by atomic mass is 16.5. The number of aromatic hydroxyl groups is 2. The van der Waals surface area contributed by atoms with E-state index in [4.69, 9.17) is 10.3 Å². The third kappa shape index (κ3) is 2.15. The Bertz CT molecular complexity index is 597. The predicted octanol–water partition coefficient (Wildman–Crippen LogP) is 1.74. The number of aromatic nitrogens is 2. The Morgan fingerprint density at radius 2 is 2.05 bits per heavy atom. The third-order valence-electron chi connectivity index (χ3n) is 3.56. The zero-order chi connectivity index (χ0) is 13.4. The summed E-state index contributed by atoms with van der Waals surface area (Å²) < 4.78 is 5.26. The van der Waals surface area contributed by atoms with Crippen LogP contribution in [0, 0.1) is 0 Å². The first-order valence-electron chi connectivity index (χ1n) is 6.26. The van der Waals surface area contributed by atoms with Gasteiger partial charge in [-0.2, -0.15) is 4.98 Å². The molecule has 1 fully saturated rings. The molecule has 2 atom stereocenters. The van der Waals surface area contributed by atoms with Crippen LogP contribution in [0.1, 0.15) is 31.1 Å². The number of hydrogen-bond donors (Lipinski definition) is 3. The number of benzene rings is 1. The Hall–Kier alpha value is -2.08. The van der Waals surface area contributed by atoms with Gasteiger partial charge in [0.25, 0.3) is 0 Å². The normalized spacial score (nSPS) is 22.8. The van der Waals surface area contributed by atoms with Crippen LogP contribution in [0.2, 0.25) is 0 Å². The number of nitrogens with two attached hydrogens (primary N) is 1.